The predicted octanol–water partition coefficient (Wildman–Crippen LogP) is 7.22. The summed E-state index contributed by atoms with van der Waals surface area (Å²) in [6.07, 6.45) is 1.49. The van der Waals surface area contributed by atoms with Crippen molar-refractivity contribution in [3.05, 3.63) is 71.9 Å². The van der Waals surface area contributed by atoms with Gasteiger partial charge in [-0.3, -0.25) is 4.57 Å². The second-order valence-electron chi connectivity index (χ2n) is 11.8. The van der Waals surface area contributed by atoms with Gasteiger partial charge in [0.15, 0.2) is 17.3 Å². The van der Waals surface area contributed by atoms with Crippen LogP contribution < -0.4 is 15.4 Å². The molecule has 0 spiro atoms. The van der Waals surface area contributed by atoms with E-state index in [1.165, 1.54) is 16.8 Å². The van der Waals surface area contributed by atoms with Crippen LogP contribution in [-0.2, 0) is 16.2 Å². The van der Waals surface area contributed by atoms with E-state index in [-0.39, 0.29) is 54.8 Å². The molecule has 4 aromatic rings. The molecule has 8 nitrogen and oxygen atoms in total. The van der Waals surface area contributed by atoms with E-state index in [9.17, 15) is 13.6 Å². The minimum Gasteiger partial charge on any atom is -0.434 e. The van der Waals surface area contributed by atoms with Gasteiger partial charge in [-0.2, -0.15) is 0 Å². The molecule has 5 rings (SSSR count). The summed E-state index contributed by atoms with van der Waals surface area (Å²) < 4.78 is 91.8. The maximum Gasteiger partial charge on any atom is 0.319 e. The number of halogens is 5. The number of benzene rings is 2. The van der Waals surface area contributed by atoms with Gasteiger partial charge in [0, 0.05) is 55.7 Å². The van der Waals surface area contributed by atoms with Crippen molar-refractivity contribution in [2.24, 2.45) is 0 Å². The largest absolute Gasteiger partial charge is 0.434 e. The van der Waals surface area contributed by atoms with Crippen LogP contribution in [0, 0.1) is 23.3 Å². The molecule has 0 radical (unpaired) electrons. The van der Waals surface area contributed by atoms with E-state index in [1.807, 2.05) is 0 Å². The summed E-state index contributed by atoms with van der Waals surface area (Å²) in [4.78, 5) is 16.6. The molecule has 0 saturated carbocycles. The lowest BCUT2D eigenvalue weighted by atomic mass is 10.0. The van der Waals surface area contributed by atoms with Crippen molar-refractivity contribution in [3.8, 4) is 22.8 Å². The summed E-state index contributed by atoms with van der Waals surface area (Å²) in [6.45, 7) is 6.13. The number of amides is 2. The number of urea groups is 1. The Balaban J connectivity index is 1.50. The number of aromatic nitrogens is 2. The quantitative estimate of drug-likeness (QED) is 0.103. The highest BCUT2D eigenvalue weighted by atomic mass is 28.3. The fourth-order valence-corrected chi connectivity index (χ4v) is 5.29. The monoisotopic (exact) mass is 634 g/mol. The van der Waals surface area contributed by atoms with Gasteiger partial charge in [0.2, 0.25) is 11.6 Å². The van der Waals surface area contributed by atoms with E-state index in [1.54, 1.807) is 12.1 Å². The molecule has 1 fully saturated rings. The van der Waals surface area contributed by atoms with Gasteiger partial charge >= 0.3 is 6.03 Å². The van der Waals surface area contributed by atoms with Crippen molar-refractivity contribution >= 4 is 30.8 Å². The third-order valence-electron chi connectivity index (χ3n) is 6.93. The summed E-state index contributed by atoms with van der Waals surface area (Å²) in [7, 11) is -1.45. The summed E-state index contributed by atoms with van der Waals surface area (Å²) in [5.41, 5.74) is -1.67. The van der Waals surface area contributed by atoms with Gasteiger partial charge in [0.25, 0.3) is 0 Å². The first-order chi connectivity index (χ1) is 20.8. The zero-order valence-corrected chi connectivity index (χ0v) is 25.3. The number of ether oxygens (including phenoxy) is 3. The van der Waals surface area contributed by atoms with Crippen molar-refractivity contribution < 1.29 is 41.0 Å². The van der Waals surface area contributed by atoms with E-state index in [0.717, 1.165) is 24.2 Å². The van der Waals surface area contributed by atoms with Gasteiger partial charge in [0.05, 0.1) is 25.3 Å². The number of hydrogen-bond acceptors (Lipinski definition) is 5. The number of pyridine rings is 1. The number of nitrogens with zero attached hydrogens (tertiary/aromatic N) is 2. The second-order valence-corrected chi connectivity index (χ2v) is 17.4. The lowest BCUT2D eigenvalue weighted by Gasteiger charge is -2.33. The molecule has 3 heterocycles. The zero-order chi connectivity index (χ0) is 31.6. The van der Waals surface area contributed by atoms with Gasteiger partial charge in [-0.1, -0.05) is 19.6 Å². The Kier molecular flexibility index (Phi) is 8.95. The molecule has 14 heteroatoms. The third kappa shape index (κ3) is 7.03. The zero-order valence-electron chi connectivity index (χ0n) is 24.3. The number of carbonyl (C=O) groups is 1. The minimum absolute atomic E-state index is 0.0832. The molecule has 0 aliphatic carbocycles. The van der Waals surface area contributed by atoms with Crippen LogP contribution in [0.1, 0.15) is 0 Å². The molecular formula is C30H31F5N4O4Si. The maximum absolute atomic E-state index is 15.4. The smallest absolute Gasteiger partial charge is 0.319 e. The Hall–Kier alpha value is -4.01. The van der Waals surface area contributed by atoms with Crippen LogP contribution in [0.2, 0.25) is 25.7 Å². The van der Waals surface area contributed by atoms with Gasteiger partial charge in [-0.15, -0.1) is 0 Å². The molecule has 1 aliphatic heterocycles. The number of alkyl halides is 1. The van der Waals surface area contributed by atoms with Crippen molar-refractivity contribution in [1.29, 1.82) is 0 Å². The van der Waals surface area contributed by atoms with Crippen molar-refractivity contribution in [1.82, 2.24) is 14.9 Å². The maximum atomic E-state index is 15.4. The molecule has 0 unspecified atom stereocenters. The van der Waals surface area contributed by atoms with Crippen LogP contribution in [0.4, 0.5) is 32.4 Å². The molecule has 2 N–H and O–H groups in total. The summed E-state index contributed by atoms with van der Waals surface area (Å²) in [5, 5.41) is 4.92. The average molecular weight is 635 g/mol. The van der Waals surface area contributed by atoms with Crippen LogP contribution in [0.3, 0.4) is 0 Å². The summed E-state index contributed by atoms with van der Waals surface area (Å²) >= 11 is 0. The molecule has 2 aromatic heterocycles. The molecule has 2 amide bonds. The van der Waals surface area contributed by atoms with Gasteiger partial charge < -0.3 is 24.8 Å². The van der Waals surface area contributed by atoms with E-state index in [4.69, 9.17) is 14.2 Å². The van der Waals surface area contributed by atoms with Crippen LogP contribution >= 0.6 is 0 Å². The van der Waals surface area contributed by atoms with E-state index >= 15 is 13.2 Å². The van der Waals surface area contributed by atoms with Gasteiger partial charge in [0.1, 0.15) is 24.0 Å². The average Bonchev–Trinajstić information content (AvgIpc) is 3.23. The first-order valence-corrected chi connectivity index (χ1v) is 17.5. The summed E-state index contributed by atoms with van der Waals surface area (Å²) in [5.74, 6) is -5.15. The van der Waals surface area contributed by atoms with Crippen molar-refractivity contribution in [2.75, 3.05) is 31.7 Å². The van der Waals surface area contributed by atoms with Gasteiger partial charge in [-0.25, -0.2) is 31.7 Å². The summed E-state index contributed by atoms with van der Waals surface area (Å²) in [6, 6.07) is 7.78. The Bertz CT molecular complexity index is 1670. The normalized spacial score (nSPS) is 14.4. The van der Waals surface area contributed by atoms with Crippen LogP contribution in [0.5, 0.6) is 11.6 Å². The van der Waals surface area contributed by atoms with Crippen LogP contribution in [0.15, 0.2) is 48.7 Å². The Morgan fingerprint density at radius 3 is 2.43 bits per heavy atom. The lowest BCUT2D eigenvalue weighted by molar-refractivity contribution is -0.125. The molecule has 234 valence electrons. The SMILES string of the molecule is C[Si](C)(C)CCOCn1c(Oc2c(F)cc(NC(=O)NCC3(F)COC3)cc2F)c(-c2ccc(F)cc2F)c2cccnc21. The number of carbonyl (C=O) groups excluding carboxylic acids is 1. The fraction of sp³-hybridized carbons (Fsp3) is 0.333. The number of nitrogens with one attached hydrogen (secondary N) is 2. The highest BCUT2D eigenvalue weighted by Gasteiger charge is 2.39. The highest BCUT2D eigenvalue weighted by molar-refractivity contribution is 6.76. The molecule has 1 saturated heterocycles. The Morgan fingerprint density at radius 1 is 1.07 bits per heavy atom. The highest BCUT2D eigenvalue weighted by Crippen LogP contribution is 2.44. The first kappa shape index (κ1) is 31.4. The van der Waals surface area contributed by atoms with Crippen molar-refractivity contribution in [2.45, 2.75) is 38.1 Å². The Labute approximate surface area is 251 Å². The van der Waals surface area contributed by atoms with Gasteiger partial charge in [-0.05, 0) is 30.3 Å². The van der Waals surface area contributed by atoms with Crippen molar-refractivity contribution in [3.63, 3.8) is 0 Å². The Morgan fingerprint density at radius 2 is 1.80 bits per heavy atom. The number of rotatable bonds is 11. The second kappa shape index (κ2) is 12.5. The van der Waals surface area contributed by atoms with Crippen LogP contribution in [0.25, 0.3) is 22.2 Å². The first-order valence-electron chi connectivity index (χ1n) is 13.8. The molecule has 0 bridgehead atoms. The van der Waals surface area contributed by atoms with E-state index in [0.29, 0.717) is 18.1 Å². The fourth-order valence-electron chi connectivity index (χ4n) is 4.53. The molecule has 1 aliphatic rings. The van der Waals surface area contributed by atoms with E-state index in [2.05, 4.69) is 35.3 Å². The molecule has 0 atom stereocenters. The lowest BCUT2D eigenvalue weighted by Crippen LogP contribution is -2.54. The number of fused-ring (bicyclic) bond motifs is 1. The topological polar surface area (TPSA) is 86.6 Å². The van der Waals surface area contributed by atoms with E-state index < -0.39 is 48.8 Å². The predicted molar refractivity (Wildman–Crippen MR) is 157 cm³/mol. The third-order valence-corrected chi connectivity index (χ3v) is 8.63. The van der Waals surface area contributed by atoms with Crippen LogP contribution in [-0.4, -0.2) is 55.7 Å². The standard InChI is InChI=1S/C30H31F5N4O4Si/c1-44(2,3)10-9-41-17-39-27-21(5-4-8-36-27)25(20-7-6-18(31)11-22(20)32)28(39)43-26-23(33)12-19(13-24(26)34)38-29(40)37-14-30(35)15-42-16-30/h4-8,11-13H,9-10,14-17H2,1-3H3,(H2,37,38,40). The molecule has 2 aromatic carbocycles. The number of hydrogen-bond donors (Lipinski definition) is 2. The minimum atomic E-state index is -1.70. The molecule has 44 heavy (non-hydrogen) atoms. The number of anilines is 1. The molecular weight excluding hydrogens is 603 g/mol.